The molecule has 0 radical (unpaired) electrons. The first-order valence-corrected chi connectivity index (χ1v) is 19.3. The predicted molar refractivity (Wildman–Crippen MR) is 227 cm³/mol. The fourth-order valence-corrected chi connectivity index (χ4v) is 9.89. The summed E-state index contributed by atoms with van der Waals surface area (Å²) >= 11 is 1.82. The second-order valence-electron chi connectivity index (χ2n) is 14.7. The zero-order chi connectivity index (χ0) is 36.0. The van der Waals surface area contributed by atoms with E-state index in [1.807, 2.05) is 11.3 Å². The monoisotopic (exact) mass is 707 g/mol. The number of pyridine rings is 1. The van der Waals surface area contributed by atoms with Crippen LogP contribution in [-0.4, -0.2) is 15.0 Å². The number of hydrogen-bond donors (Lipinski definition) is 0. The lowest BCUT2D eigenvalue weighted by Crippen LogP contribution is -2.14. The molecule has 0 saturated carbocycles. The average Bonchev–Trinajstić information content (AvgIpc) is 3.73. The molecule has 10 aromatic rings. The first-order chi connectivity index (χ1) is 26.5. The topological polar surface area (TPSA) is 38.7 Å². The van der Waals surface area contributed by atoms with Gasteiger partial charge in [-0.1, -0.05) is 147 Å². The van der Waals surface area contributed by atoms with Crippen molar-refractivity contribution in [3.8, 4) is 56.3 Å². The molecule has 0 aliphatic heterocycles. The van der Waals surface area contributed by atoms with E-state index in [1.54, 1.807) is 0 Å². The Balaban J connectivity index is 1.16. The largest absolute Gasteiger partial charge is 0.247 e. The lowest BCUT2D eigenvalue weighted by atomic mass is 9.82. The van der Waals surface area contributed by atoms with Gasteiger partial charge in [0.2, 0.25) is 0 Å². The van der Waals surface area contributed by atoms with Crippen molar-refractivity contribution in [3.05, 3.63) is 175 Å². The van der Waals surface area contributed by atoms with Gasteiger partial charge in [-0.25, -0.2) is 15.0 Å². The van der Waals surface area contributed by atoms with E-state index in [-0.39, 0.29) is 5.41 Å². The Morgan fingerprint density at radius 2 is 1.11 bits per heavy atom. The lowest BCUT2D eigenvalue weighted by molar-refractivity contribution is 0.660. The van der Waals surface area contributed by atoms with Crippen molar-refractivity contribution in [1.82, 2.24) is 15.0 Å². The Bertz CT molecular complexity index is 3120. The average molecular weight is 708 g/mol. The lowest BCUT2D eigenvalue weighted by Gasteiger charge is -2.21. The maximum Gasteiger partial charge on any atom is 0.161 e. The number of benzene rings is 7. The first kappa shape index (κ1) is 31.1. The van der Waals surface area contributed by atoms with Gasteiger partial charge in [0, 0.05) is 64.0 Å². The predicted octanol–water partition coefficient (Wildman–Crippen LogP) is 13.5. The smallest absolute Gasteiger partial charge is 0.161 e. The molecule has 1 aliphatic carbocycles. The molecule has 3 nitrogen and oxygen atoms in total. The van der Waals surface area contributed by atoms with Crippen molar-refractivity contribution in [2.75, 3.05) is 0 Å². The van der Waals surface area contributed by atoms with Crippen molar-refractivity contribution < 1.29 is 0 Å². The standard InChI is InChI=1S/C50H33N3S/c1-50(2)39-22-11-9-18-33(39)38-28-32(24-26-40(38)50)43-29-42(30-14-5-3-6-15-30)52-49(53-43)37-21-13-20-36-46-44(54-48(36)37)27-25-35-45(46)34-19-10-12-23-41(34)51-47(35)31-16-7-4-8-17-31/h3-29H,1-2H3. The van der Waals surface area contributed by atoms with Gasteiger partial charge in [0.1, 0.15) is 0 Å². The SMILES string of the molecule is CC1(C)c2ccccc2-c2cc(-c3cc(-c4ccccc4)nc(-c4cccc5c4sc4ccc6c(-c7ccccc7)nc7ccccc7c6c45)n3)ccc21. The summed E-state index contributed by atoms with van der Waals surface area (Å²) in [7, 11) is 0. The van der Waals surface area contributed by atoms with Crippen molar-refractivity contribution in [2.24, 2.45) is 0 Å². The van der Waals surface area contributed by atoms with Crippen molar-refractivity contribution in [3.63, 3.8) is 0 Å². The molecular formula is C50H33N3S. The second-order valence-corrected chi connectivity index (χ2v) is 15.8. The van der Waals surface area contributed by atoms with E-state index in [9.17, 15) is 0 Å². The molecule has 3 heterocycles. The maximum atomic E-state index is 5.39. The van der Waals surface area contributed by atoms with Crippen LogP contribution < -0.4 is 0 Å². The van der Waals surface area contributed by atoms with Gasteiger partial charge in [0.05, 0.1) is 22.6 Å². The van der Waals surface area contributed by atoms with E-state index in [2.05, 4.69) is 178 Å². The van der Waals surface area contributed by atoms with E-state index in [1.165, 1.54) is 47.8 Å². The van der Waals surface area contributed by atoms with E-state index in [0.29, 0.717) is 0 Å². The Labute approximate surface area is 317 Å². The normalized spacial score (nSPS) is 13.1. The number of hydrogen-bond acceptors (Lipinski definition) is 4. The molecular weight excluding hydrogens is 675 g/mol. The third-order valence-corrected chi connectivity index (χ3v) is 12.5. The van der Waals surface area contributed by atoms with Gasteiger partial charge in [0.15, 0.2) is 5.82 Å². The molecule has 54 heavy (non-hydrogen) atoms. The molecule has 0 fully saturated rings. The van der Waals surface area contributed by atoms with Gasteiger partial charge < -0.3 is 0 Å². The third kappa shape index (κ3) is 4.63. The molecule has 1 aliphatic rings. The molecule has 0 N–H and O–H groups in total. The zero-order valence-corrected chi connectivity index (χ0v) is 30.7. The van der Waals surface area contributed by atoms with Gasteiger partial charge in [-0.2, -0.15) is 0 Å². The van der Waals surface area contributed by atoms with Crippen LogP contribution in [0, 0.1) is 0 Å². The Hall–Kier alpha value is -6.49. The minimum absolute atomic E-state index is 0.0548. The highest BCUT2D eigenvalue weighted by molar-refractivity contribution is 7.26. The van der Waals surface area contributed by atoms with Crippen molar-refractivity contribution in [2.45, 2.75) is 19.3 Å². The molecule has 7 aromatic carbocycles. The molecule has 3 aromatic heterocycles. The van der Waals surface area contributed by atoms with E-state index in [0.717, 1.165) is 61.4 Å². The number of rotatable bonds is 4. The van der Waals surface area contributed by atoms with Gasteiger partial charge in [-0.3, -0.25) is 0 Å². The van der Waals surface area contributed by atoms with Crippen LogP contribution in [0.3, 0.4) is 0 Å². The second kappa shape index (κ2) is 11.8. The Morgan fingerprint density at radius 1 is 0.444 bits per heavy atom. The fourth-order valence-electron chi connectivity index (χ4n) is 8.67. The molecule has 254 valence electrons. The summed E-state index contributed by atoms with van der Waals surface area (Å²) in [5.41, 5.74) is 13.4. The molecule has 4 heteroatoms. The molecule has 0 atom stereocenters. The summed E-state index contributed by atoms with van der Waals surface area (Å²) in [5, 5.41) is 6.02. The molecule has 0 saturated heterocycles. The summed E-state index contributed by atoms with van der Waals surface area (Å²) in [6.07, 6.45) is 0. The van der Waals surface area contributed by atoms with Crippen LogP contribution in [0.25, 0.3) is 98.1 Å². The third-order valence-electron chi connectivity index (χ3n) is 11.3. The van der Waals surface area contributed by atoms with E-state index < -0.39 is 0 Å². The van der Waals surface area contributed by atoms with Crippen LogP contribution >= 0.6 is 11.3 Å². The summed E-state index contributed by atoms with van der Waals surface area (Å²) < 4.78 is 2.42. The maximum absolute atomic E-state index is 5.39. The summed E-state index contributed by atoms with van der Waals surface area (Å²) in [4.78, 5) is 15.9. The van der Waals surface area contributed by atoms with Crippen molar-refractivity contribution in [1.29, 1.82) is 0 Å². The number of para-hydroxylation sites is 1. The summed E-state index contributed by atoms with van der Waals surface area (Å²) in [6.45, 7) is 4.65. The van der Waals surface area contributed by atoms with Crippen LogP contribution in [0.2, 0.25) is 0 Å². The highest BCUT2D eigenvalue weighted by Gasteiger charge is 2.35. The number of fused-ring (bicyclic) bond motifs is 10. The van der Waals surface area contributed by atoms with Crippen LogP contribution in [-0.2, 0) is 5.41 Å². The minimum atomic E-state index is -0.0548. The van der Waals surface area contributed by atoms with Crippen LogP contribution in [0.1, 0.15) is 25.0 Å². The highest BCUT2D eigenvalue weighted by Crippen LogP contribution is 2.50. The van der Waals surface area contributed by atoms with Gasteiger partial charge in [0.25, 0.3) is 0 Å². The highest BCUT2D eigenvalue weighted by atomic mass is 32.1. The number of nitrogens with zero attached hydrogens (tertiary/aromatic N) is 3. The molecule has 0 bridgehead atoms. The van der Waals surface area contributed by atoms with Crippen molar-refractivity contribution >= 4 is 53.2 Å². The quantitative estimate of drug-likeness (QED) is 0.171. The van der Waals surface area contributed by atoms with Gasteiger partial charge >= 0.3 is 0 Å². The molecule has 0 unspecified atom stereocenters. The van der Waals surface area contributed by atoms with E-state index >= 15 is 0 Å². The summed E-state index contributed by atoms with van der Waals surface area (Å²) in [6, 6.07) is 58.5. The zero-order valence-electron chi connectivity index (χ0n) is 29.8. The first-order valence-electron chi connectivity index (χ1n) is 18.4. The van der Waals surface area contributed by atoms with Crippen LogP contribution in [0.5, 0.6) is 0 Å². The molecule has 0 amide bonds. The van der Waals surface area contributed by atoms with Crippen LogP contribution in [0.15, 0.2) is 164 Å². The fraction of sp³-hybridized carbons (Fsp3) is 0.0600. The van der Waals surface area contributed by atoms with E-state index in [4.69, 9.17) is 15.0 Å². The van der Waals surface area contributed by atoms with Crippen LogP contribution in [0.4, 0.5) is 0 Å². The molecule has 0 spiro atoms. The minimum Gasteiger partial charge on any atom is -0.247 e. The summed E-state index contributed by atoms with van der Waals surface area (Å²) in [5.74, 6) is 0.727. The Kier molecular flexibility index (Phi) is 6.77. The number of aromatic nitrogens is 3. The van der Waals surface area contributed by atoms with Gasteiger partial charge in [-0.15, -0.1) is 11.3 Å². The number of thiophene rings is 1. The van der Waals surface area contributed by atoms with Gasteiger partial charge in [-0.05, 0) is 52.6 Å². The Morgan fingerprint density at radius 3 is 1.94 bits per heavy atom. The molecule has 11 rings (SSSR count).